The Morgan fingerprint density at radius 2 is 1.85 bits per heavy atom. The van der Waals surface area contributed by atoms with E-state index in [1.54, 1.807) is 6.20 Å². The molecule has 0 aliphatic carbocycles. The SMILES string of the molecule is Cc1cc([C@@H](C)Nc2cccnc2-c2nnc(N)s2)c2oc(-c3ccccc3)c(C)c(=O)c2c1. The maximum atomic E-state index is 13.3. The van der Waals surface area contributed by atoms with Crippen LogP contribution in [0.4, 0.5) is 10.8 Å². The fourth-order valence-corrected chi connectivity index (χ4v) is 4.71. The van der Waals surface area contributed by atoms with Gasteiger partial charge < -0.3 is 15.5 Å². The van der Waals surface area contributed by atoms with Crippen molar-refractivity contribution in [2.45, 2.75) is 26.8 Å². The Balaban J connectivity index is 1.63. The van der Waals surface area contributed by atoms with Gasteiger partial charge in [0.15, 0.2) is 10.4 Å². The molecule has 0 radical (unpaired) electrons. The standard InChI is InChI=1S/C26H23N5O2S/c1-14-12-18(16(3)29-20-10-7-11-28-21(20)25-30-31-26(27)34-25)24-19(13-14)22(32)15(2)23(33-24)17-8-5-4-6-9-17/h4-13,16,29H,1-3H3,(H2,27,31)/t16-/m1/s1. The second kappa shape index (κ2) is 8.72. The van der Waals surface area contributed by atoms with Gasteiger partial charge in [-0.3, -0.25) is 9.78 Å². The van der Waals surface area contributed by atoms with Crippen LogP contribution in [0.25, 0.3) is 33.0 Å². The van der Waals surface area contributed by atoms with Crippen molar-refractivity contribution in [1.82, 2.24) is 15.2 Å². The van der Waals surface area contributed by atoms with E-state index in [0.717, 1.165) is 22.4 Å². The summed E-state index contributed by atoms with van der Waals surface area (Å²) in [6.07, 6.45) is 1.71. The first kappa shape index (κ1) is 21.8. The number of nitrogens with two attached hydrogens (primary N) is 1. The lowest BCUT2D eigenvalue weighted by molar-refractivity contribution is 0.605. The van der Waals surface area contributed by atoms with Crippen molar-refractivity contribution in [3.8, 4) is 22.0 Å². The maximum absolute atomic E-state index is 13.3. The van der Waals surface area contributed by atoms with E-state index in [2.05, 4.69) is 20.5 Å². The minimum Gasteiger partial charge on any atom is -0.455 e. The average molecular weight is 470 g/mol. The second-order valence-electron chi connectivity index (χ2n) is 8.19. The van der Waals surface area contributed by atoms with Crippen molar-refractivity contribution in [1.29, 1.82) is 0 Å². The summed E-state index contributed by atoms with van der Waals surface area (Å²) in [6, 6.07) is 17.2. The van der Waals surface area contributed by atoms with E-state index >= 15 is 0 Å². The van der Waals surface area contributed by atoms with E-state index in [4.69, 9.17) is 10.2 Å². The third-order valence-corrected chi connectivity index (χ3v) is 6.48. The molecule has 34 heavy (non-hydrogen) atoms. The molecule has 0 aliphatic heterocycles. The summed E-state index contributed by atoms with van der Waals surface area (Å²) < 4.78 is 6.43. The Morgan fingerprint density at radius 1 is 1.06 bits per heavy atom. The molecule has 0 spiro atoms. The highest BCUT2D eigenvalue weighted by Gasteiger charge is 2.20. The highest BCUT2D eigenvalue weighted by Crippen LogP contribution is 2.34. The quantitative estimate of drug-likeness (QED) is 0.338. The number of nitrogens with one attached hydrogen (secondary N) is 1. The van der Waals surface area contributed by atoms with Crippen molar-refractivity contribution < 1.29 is 4.42 Å². The Hall–Kier alpha value is -4.04. The number of hydrogen-bond donors (Lipinski definition) is 2. The monoisotopic (exact) mass is 469 g/mol. The molecular weight excluding hydrogens is 446 g/mol. The summed E-state index contributed by atoms with van der Waals surface area (Å²) >= 11 is 1.28. The summed E-state index contributed by atoms with van der Waals surface area (Å²) in [5.74, 6) is 0.585. The van der Waals surface area contributed by atoms with Gasteiger partial charge in [0.1, 0.15) is 17.0 Å². The van der Waals surface area contributed by atoms with Crippen LogP contribution >= 0.6 is 11.3 Å². The summed E-state index contributed by atoms with van der Waals surface area (Å²) in [6.45, 7) is 5.82. The lowest BCUT2D eigenvalue weighted by atomic mass is 9.98. The second-order valence-corrected chi connectivity index (χ2v) is 9.20. The molecule has 8 heteroatoms. The van der Waals surface area contributed by atoms with Gasteiger partial charge in [-0.2, -0.15) is 0 Å². The first-order valence-electron chi connectivity index (χ1n) is 10.9. The van der Waals surface area contributed by atoms with Crippen LogP contribution in [0.1, 0.15) is 29.7 Å². The highest BCUT2D eigenvalue weighted by molar-refractivity contribution is 7.18. The van der Waals surface area contributed by atoms with Gasteiger partial charge in [-0.15, -0.1) is 10.2 Å². The molecule has 3 aromatic heterocycles. The van der Waals surface area contributed by atoms with Crippen LogP contribution in [0.15, 0.2) is 70.0 Å². The molecule has 2 aromatic carbocycles. The number of fused-ring (bicyclic) bond motifs is 1. The van der Waals surface area contributed by atoms with Gasteiger partial charge in [0.25, 0.3) is 0 Å². The molecule has 0 bridgehead atoms. The summed E-state index contributed by atoms with van der Waals surface area (Å²) in [5, 5.41) is 13.2. The van der Waals surface area contributed by atoms with Gasteiger partial charge in [0.2, 0.25) is 5.13 Å². The number of rotatable bonds is 5. The molecule has 0 aliphatic rings. The molecule has 0 saturated carbocycles. The van der Waals surface area contributed by atoms with Crippen molar-refractivity contribution in [3.63, 3.8) is 0 Å². The molecule has 5 aromatic rings. The Bertz CT molecular complexity index is 1560. The summed E-state index contributed by atoms with van der Waals surface area (Å²) in [4.78, 5) is 17.8. The van der Waals surface area contributed by atoms with Crippen molar-refractivity contribution >= 4 is 33.1 Å². The highest BCUT2D eigenvalue weighted by atomic mass is 32.1. The number of aryl methyl sites for hydroxylation is 1. The van der Waals surface area contributed by atoms with Gasteiger partial charge in [-0.25, -0.2) is 0 Å². The van der Waals surface area contributed by atoms with Crippen LogP contribution in [0.3, 0.4) is 0 Å². The molecule has 7 nitrogen and oxygen atoms in total. The number of pyridine rings is 1. The van der Waals surface area contributed by atoms with Crippen LogP contribution in [0.5, 0.6) is 0 Å². The molecule has 170 valence electrons. The van der Waals surface area contributed by atoms with Crippen LogP contribution < -0.4 is 16.5 Å². The summed E-state index contributed by atoms with van der Waals surface area (Å²) in [7, 11) is 0. The zero-order chi connectivity index (χ0) is 23.8. The molecule has 5 rings (SSSR count). The minimum atomic E-state index is -0.190. The Labute approximate surface area is 200 Å². The van der Waals surface area contributed by atoms with Crippen LogP contribution in [-0.2, 0) is 0 Å². The molecule has 0 fully saturated rings. The minimum absolute atomic E-state index is 0.0244. The van der Waals surface area contributed by atoms with Crippen molar-refractivity contribution in [3.05, 3.63) is 87.7 Å². The topological polar surface area (TPSA) is 107 Å². The Morgan fingerprint density at radius 3 is 2.59 bits per heavy atom. The van der Waals surface area contributed by atoms with E-state index in [1.807, 2.05) is 75.4 Å². The zero-order valence-corrected chi connectivity index (χ0v) is 19.8. The maximum Gasteiger partial charge on any atom is 0.203 e. The van der Waals surface area contributed by atoms with E-state index < -0.39 is 0 Å². The van der Waals surface area contributed by atoms with E-state index in [0.29, 0.717) is 38.1 Å². The first-order valence-corrected chi connectivity index (χ1v) is 11.7. The van der Waals surface area contributed by atoms with Crippen molar-refractivity contribution in [2.75, 3.05) is 11.1 Å². The van der Waals surface area contributed by atoms with Gasteiger partial charge in [0.05, 0.1) is 17.1 Å². The summed E-state index contributed by atoms with van der Waals surface area (Å²) in [5.41, 5.74) is 11.1. The number of nitrogens with zero attached hydrogens (tertiary/aromatic N) is 3. The van der Waals surface area contributed by atoms with Gasteiger partial charge in [0, 0.05) is 22.9 Å². The average Bonchev–Trinajstić information content (AvgIpc) is 3.28. The smallest absolute Gasteiger partial charge is 0.203 e. The zero-order valence-electron chi connectivity index (χ0n) is 19.0. The predicted octanol–water partition coefficient (Wildman–Crippen LogP) is 5.75. The van der Waals surface area contributed by atoms with Gasteiger partial charge >= 0.3 is 0 Å². The lowest BCUT2D eigenvalue weighted by Gasteiger charge is -2.19. The fourth-order valence-electron chi connectivity index (χ4n) is 4.09. The number of anilines is 2. The van der Waals surface area contributed by atoms with E-state index in [9.17, 15) is 4.79 Å². The van der Waals surface area contributed by atoms with Crippen LogP contribution in [-0.4, -0.2) is 15.2 Å². The van der Waals surface area contributed by atoms with Crippen LogP contribution in [0.2, 0.25) is 0 Å². The Kier molecular flexibility index (Phi) is 5.59. The predicted molar refractivity (Wildman–Crippen MR) is 137 cm³/mol. The lowest BCUT2D eigenvalue weighted by Crippen LogP contribution is -2.13. The van der Waals surface area contributed by atoms with E-state index in [1.165, 1.54) is 11.3 Å². The largest absolute Gasteiger partial charge is 0.455 e. The number of benzene rings is 2. The molecule has 0 amide bonds. The van der Waals surface area contributed by atoms with Gasteiger partial charge in [-0.05, 0) is 44.5 Å². The molecule has 1 atom stereocenters. The molecular formula is C26H23N5O2S. The third-order valence-electron chi connectivity index (χ3n) is 5.72. The molecule has 3 heterocycles. The number of aromatic nitrogens is 3. The fraction of sp³-hybridized carbons (Fsp3) is 0.154. The molecule has 3 N–H and O–H groups in total. The van der Waals surface area contributed by atoms with Crippen molar-refractivity contribution in [2.24, 2.45) is 0 Å². The first-order chi connectivity index (χ1) is 16.4. The van der Waals surface area contributed by atoms with Gasteiger partial charge in [-0.1, -0.05) is 47.7 Å². The van der Waals surface area contributed by atoms with Crippen LogP contribution in [0, 0.1) is 13.8 Å². The molecule has 0 unspecified atom stereocenters. The number of nitrogen functional groups attached to an aromatic ring is 1. The molecule has 0 saturated heterocycles. The van der Waals surface area contributed by atoms with E-state index in [-0.39, 0.29) is 11.5 Å². The number of hydrogen-bond acceptors (Lipinski definition) is 8. The normalized spacial score (nSPS) is 12.1. The third kappa shape index (κ3) is 3.92.